The van der Waals surface area contributed by atoms with Crippen LogP contribution in [0.5, 0.6) is 0 Å². The van der Waals surface area contributed by atoms with E-state index in [4.69, 9.17) is 0 Å². The average molecular weight is 461 g/mol. The van der Waals surface area contributed by atoms with Crippen LogP contribution in [0.2, 0.25) is 0 Å². The molecule has 0 aromatic carbocycles. The Kier molecular flexibility index (Phi) is 11.0. The Hall–Kier alpha value is 0. The monoisotopic (exact) mass is 461 g/mol. The predicted octanol–water partition coefficient (Wildman–Crippen LogP) is 12.3. The van der Waals surface area contributed by atoms with Crippen LogP contribution in [0, 0.1) is 43.3 Å². The standard InChI is InChI=1S/2C16H34.2H2/c2*1-11-13(3,4)15(7,8)16(9,10)14(5,6)12-2;;/h2*11-12H2,1-10H3;2*1H/i;;2*1+2. The Balaban J connectivity index is -0.000000250. The summed E-state index contributed by atoms with van der Waals surface area (Å²) >= 11 is 0. The van der Waals surface area contributed by atoms with Crippen LogP contribution in [0.1, 0.15) is 167 Å². The van der Waals surface area contributed by atoms with Crippen molar-refractivity contribution in [2.75, 3.05) is 0 Å². The lowest BCUT2D eigenvalue weighted by atomic mass is 9.46. The Morgan fingerprint density at radius 3 is 0.438 bits per heavy atom. The molecule has 0 fully saturated rings. The number of hydrogen-bond donors (Lipinski definition) is 0. The quantitative estimate of drug-likeness (QED) is 0.304. The Bertz CT molecular complexity index is 468. The van der Waals surface area contributed by atoms with Crippen molar-refractivity contribution in [3.8, 4) is 0 Å². The van der Waals surface area contributed by atoms with E-state index >= 15 is 0 Å². The van der Waals surface area contributed by atoms with Gasteiger partial charge >= 0.3 is 0 Å². The third-order valence-corrected chi connectivity index (χ3v) is 13.4. The van der Waals surface area contributed by atoms with Crippen molar-refractivity contribution in [2.24, 2.45) is 43.3 Å². The van der Waals surface area contributed by atoms with Crippen molar-refractivity contribution >= 4 is 0 Å². The molecule has 0 aliphatic carbocycles. The topological polar surface area (TPSA) is 0 Å². The van der Waals surface area contributed by atoms with Crippen molar-refractivity contribution in [2.45, 2.75) is 164 Å². The maximum atomic E-state index is 2.45. The molecule has 0 heteroatoms. The third-order valence-electron chi connectivity index (χ3n) is 13.4. The Labute approximate surface area is 210 Å². The highest BCUT2D eigenvalue weighted by Gasteiger charge is 2.54. The van der Waals surface area contributed by atoms with Crippen molar-refractivity contribution in [1.29, 1.82) is 0 Å². The van der Waals surface area contributed by atoms with Gasteiger partial charge in [0.25, 0.3) is 0 Å². The van der Waals surface area contributed by atoms with Gasteiger partial charge in [0.05, 0.1) is 0 Å². The molecule has 0 aliphatic rings. The average Bonchev–Trinajstić information content (AvgIpc) is 2.67. The molecule has 0 aliphatic heterocycles. The highest BCUT2D eigenvalue weighted by Crippen LogP contribution is 2.61. The SMILES string of the molecule is CCC(C)(C)C(C)(C)C(C)(C)C(C)(C)CC.CCC(C)(C)C(C)(C)C(C)(C)C(C)(C)CC.[3HH].[3HH]. The lowest BCUT2D eigenvalue weighted by Crippen LogP contribution is -2.51. The zero-order valence-electron chi connectivity index (χ0n) is 26.8. The van der Waals surface area contributed by atoms with E-state index in [9.17, 15) is 0 Å². The van der Waals surface area contributed by atoms with Crippen molar-refractivity contribution in [1.82, 2.24) is 0 Å². The van der Waals surface area contributed by atoms with Gasteiger partial charge in [0.1, 0.15) is 0 Å². The Morgan fingerprint density at radius 2 is 0.375 bits per heavy atom. The van der Waals surface area contributed by atoms with Gasteiger partial charge in [-0.2, -0.15) is 0 Å². The van der Waals surface area contributed by atoms with E-state index in [1.807, 2.05) is 0 Å². The van der Waals surface area contributed by atoms with Gasteiger partial charge in [-0.15, -0.1) is 0 Å². The molecule has 0 spiro atoms. The van der Waals surface area contributed by atoms with Gasteiger partial charge < -0.3 is 0 Å². The highest BCUT2D eigenvalue weighted by molar-refractivity contribution is 5.03. The summed E-state index contributed by atoms with van der Waals surface area (Å²) < 4.78 is 0. The van der Waals surface area contributed by atoms with Crippen LogP contribution in [0.25, 0.3) is 0 Å². The molecule has 0 rings (SSSR count). The molecule has 0 nitrogen and oxygen atoms in total. The minimum Gasteiger partial charge on any atom is -0.0649 e. The molecule has 32 heavy (non-hydrogen) atoms. The molecule has 0 atom stereocenters. The van der Waals surface area contributed by atoms with Crippen LogP contribution in [-0.4, -0.2) is 0 Å². The van der Waals surface area contributed by atoms with E-state index in [0.717, 1.165) is 0 Å². The maximum absolute atomic E-state index is 2.45. The van der Waals surface area contributed by atoms with Gasteiger partial charge in [0.15, 0.2) is 0 Å². The second-order valence-electron chi connectivity index (χ2n) is 15.4. The van der Waals surface area contributed by atoms with Gasteiger partial charge in [0.2, 0.25) is 0 Å². The molecule has 0 aromatic heterocycles. The summed E-state index contributed by atoms with van der Waals surface area (Å²) in [5.41, 5.74) is 2.82. The molecule has 0 radical (unpaired) electrons. The van der Waals surface area contributed by atoms with Gasteiger partial charge in [-0.25, -0.2) is 0 Å². The van der Waals surface area contributed by atoms with Crippen LogP contribution in [0.4, 0.5) is 0 Å². The largest absolute Gasteiger partial charge is 0.0649 e. The van der Waals surface area contributed by atoms with E-state index in [-0.39, 0.29) is 2.85 Å². The molecule has 0 bridgehead atoms. The summed E-state index contributed by atoms with van der Waals surface area (Å²) in [5.74, 6) is 0. The molecule has 0 aromatic rings. The second-order valence-corrected chi connectivity index (χ2v) is 15.4. The second kappa shape index (κ2) is 10.3. The zero-order valence-corrected chi connectivity index (χ0v) is 26.8. The van der Waals surface area contributed by atoms with E-state index in [1.54, 1.807) is 0 Å². The van der Waals surface area contributed by atoms with Crippen molar-refractivity contribution in [3.63, 3.8) is 0 Å². The van der Waals surface area contributed by atoms with E-state index < -0.39 is 0 Å². The van der Waals surface area contributed by atoms with Gasteiger partial charge in [0, 0.05) is 2.85 Å². The van der Waals surface area contributed by atoms with E-state index in [0.29, 0.717) is 43.3 Å². The molecule has 200 valence electrons. The van der Waals surface area contributed by atoms with Crippen molar-refractivity contribution < 1.29 is 2.85 Å². The lowest BCUT2D eigenvalue weighted by Gasteiger charge is -2.58. The molecule has 0 saturated carbocycles. The first kappa shape index (κ1) is 34.2. The van der Waals surface area contributed by atoms with Crippen LogP contribution in [0.15, 0.2) is 0 Å². The van der Waals surface area contributed by atoms with Gasteiger partial charge in [-0.3, -0.25) is 0 Å². The summed E-state index contributed by atoms with van der Waals surface area (Å²) in [5, 5.41) is 0. The first-order chi connectivity index (χ1) is 13.7. The summed E-state index contributed by atoms with van der Waals surface area (Å²) in [6.45, 7) is 48.2. The summed E-state index contributed by atoms with van der Waals surface area (Å²) in [4.78, 5) is 0. The molecule has 0 unspecified atom stereocenters. The number of rotatable bonds is 10. The van der Waals surface area contributed by atoms with E-state index in [2.05, 4.69) is 138 Å². The maximum Gasteiger partial charge on any atom is 0 e. The van der Waals surface area contributed by atoms with Crippen LogP contribution < -0.4 is 0 Å². The van der Waals surface area contributed by atoms with Gasteiger partial charge in [-0.1, -0.05) is 164 Å². The molecule has 0 N–H and O–H groups in total. The fourth-order valence-corrected chi connectivity index (χ4v) is 5.15. The minimum atomic E-state index is 0. The van der Waals surface area contributed by atoms with E-state index in [1.165, 1.54) is 25.7 Å². The highest BCUT2D eigenvalue weighted by atomic mass is 14.6. The summed E-state index contributed by atoms with van der Waals surface area (Å²) in [6, 6.07) is 0. The van der Waals surface area contributed by atoms with Crippen LogP contribution >= 0.6 is 0 Å². The molecule has 0 saturated heterocycles. The lowest BCUT2D eigenvalue weighted by molar-refractivity contribution is -0.0968. The fraction of sp³-hybridized carbons (Fsp3) is 1.00. The third kappa shape index (κ3) is 5.79. The van der Waals surface area contributed by atoms with Crippen LogP contribution in [0.3, 0.4) is 0 Å². The van der Waals surface area contributed by atoms with Crippen molar-refractivity contribution in [3.05, 3.63) is 0 Å². The summed E-state index contributed by atoms with van der Waals surface area (Å²) in [6.07, 6.45) is 4.96. The molecule has 0 heterocycles. The molecule has 0 amide bonds. The van der Waals surface area contributed by atoms with Crippen LogP contribution in [-0.2, 0) is 0 Å². The normalized spacial score (nSPS) is 15.4. The zero-order chi connectivity index (χ0) is 26.8. The first-order valence-corrected chi connectivity index (χ1v) is 13.7. The fourth-order valence-electron chi connectivity index (χ4n) is 5.15. The molecular formula is C32H72. The Morgan fingerprint density at radius 1 is 0.281 bits per heavy atom. The predicted molar refractivity (Wildman–Crippen MR) is 156 cm³/mol. The molecular weight excluding hydrogens is 384 g/mol. The smallest absolute Gasteiger partial charge is 0 e. The minimum absolute atomic E-state index is 0. The number of hydrogen-bond acceptors (Lipinski definition) is 0. The first-order valence-electron chi connectivity index (χ1n) is 13.7. The van der Waals surface area contributed by atoms with Gasteiger partial charge in [-0.05, 0) is 43.3 Å². The summed E-state index contributed by atoms with van der Waals surface area (Å²) in [7, 11) is 0.